The Labute approximate surface area is 129 Å². The number of hydrogen-bond donors (Lipinski definition) is 1. The van der Waals surface area contributed by atoms with Crippen molar-refractivity contribution in [2.24, 2.45) is 0 Å². The molecule has 0 aliphatic heterocycles. The molecule has 21 heavy (non-hydrogen) atoms. The highest BCUT2D eigenvalue weighted by molar-refractivity contribution is 7.99. The van der Waals surface area contributed by atoms with Crippen molar-refractivity contribution in [2.75, 3.05) is 5.75 Å². The molecule has 2 aromatic carbocycles. The third kappa shape index (κ3) is 4.66. The second-order valence-corrected chi connectivity index (χ2v) is 5.94. The van der Waals surface area contributed by atoms with E-state index in [1.165, 1.54) is 23.9 Å². The molecule has 0 aliphatic rings. The van der Waals surface area contributed by atoms with E-state index >= 15 is 0 Å². The molecule has 0 heterocycles. The van der Waals surface area contributed by atoms with Crippen molar-refractivity contribution in [3.63, 3.8) is 0 Å². The lowest BCUT2D eigenvalue weighted by Gasteiger charge is -2.13. The SMILES string of the molecule is OC(CSc1cccc(Cl)c1)c1cccc(C(F)(F)F)c1. The Morgan fingerprint density at radius 2 is 1.81 bits per heavy atom. The van der Waals surface area contributed by atoms with Gasteiger partial charge in [0.05, 0.1) is 11.7 Å². The molecule has 0 spiro atoms. The molecule has 6 heteroatoms. The van der Waals surface area contributed by atoms with Gasteiger partial charge in [0.1, 0.15) is 0 Å². The molecule has 2 aromatic rings. The van der Waals surface area contributed by atoms with Crippen LogP contribution in [-0.4, -0.2) is 10.9 Å². The predicted molar refractivity (Wildman–Crippen MR) is 78.6 cm³/mol. The maximum absolute atomic E-state index is 12.6. The third-order valence-corrected chi connectivity index (χ3v) is 4.11. The second-order valence-electron chi connectivity index (χ2n) is 4.41. The predicted octanol–water partition coefficient (Wildman–Crippen LogP) is 5.18. The summed E-state index contributed by atoms with van der Waals surface area (Å²) in [6, 6.07) is 11.8. The molecule has 1 N–H and O–H groups in total. The Morgan fingerprint density at radius 1 is 1.10 bits per heavy atom. The lowest BCUT2D eigenvalue weighted by Crippen LogP contribution is -2.07. The molecule has 0 fully saturated rings. The topological polar surface area (TPSA) is 20.2 Å². The fourth-order valence-electron chi connectivity index (χ4n) is 1.75. The number of hydrogen-bond acceptors (Lipinski definition) is 2. The Bertz CT molecular complexity index is 616. The number of benzene rings is 2. The Balaban J connectivity index is 2.05. The van der Waals surface area contributed by atoms with Crippen LogP contribution in [0.1, 0.15) is 17.2 Å². The summed E-state index contributed by atoms with van der Waals surface area (Å²) in [7, 11) is 0. The van der Waals surface area contributed by atoms with Crippen molar-refractivity contribution in [3.8, 4) is 0 Å². The van der Waals surface area contributed by atoms with Crippen LogP contribution in [-0.2, 0) is 6.18 Å². The average Bonchev–Trinajstić information content (AvgIpc) is 2.44. The van der Waals surface area contributed by atoms with Gasteiger partial charge in [-0.3, -0.25) is 0 Å². The van der Waals surface area contributed by atoms with Crippen LogP contribution in [0.15, 0.2) is 53.4 Å². The van der Waals surface area contributed by atoms with Crippen molar-refractivity contribution in [1.82, 2.24) is 0 Å². The average molecular weight is 333 g/mol. The number of alkyl halides is 3. The van der Waals surface area contributed by atoms with Gasteiger partial charge in [0.2, 0.25) is 0 Å². The van der Waals surface area contributed by atoms with E-state index in [9.17, 15) is 18.3 Å². The maximum Gasteiger partial charge on any atom is 0.416 e. The van der Waals surface area contributed by atoms with Crippen LogP contribution in [0.4, 0.5) is 13.2 Å². The van der Waals surface area contributed by atoms with Crippen LogP contribution >= 0.6 is 23.4 Å². The minimum absolute atomic E-state index is 0.249. The fourth-order valence-corrected chi connectivity index (χ4v) is 2.93. The zero-order valence-electron chi connectivity index (χ0n) is 10.8. The van der Waals surface area contributed by atoms with Crippen molar-refractivity contribution >= 4 is 23.4 Å². The summed E-state index contributed by atoms with van der Waals surface area (Å²) < 4.78 is 37.9. The zero-order valence-corrected chi connectivity index (χ0v) is 12.3. The van der Waals surface area contributed by atoms with E-state index in [0.29, 0.717) is 5.02 Å². The van der Waals surface area contributed by atoms with Crippen LogP contribution in [0.25, 0.3) is 0 Å². The van der Waals surface area contributed by atoms with E-state index in [4.69, 9.17) is 11.6 Å². The van der Waals surface area contributed by atoms with Gasteiger partial charge in [0.15, 0.2) is 0 Å². The van der Waals surface area contributed by atoms with E-state index in [1.54, 1.807) is 18.2 Å². The largest absolute Gasteiger partial charge is 0.416 e. The van der Waals surface area contributed by atoms with Crippen molar-refractivity contribution in [2.45, 2.75) is 17.2 Å². The number of aliphatic hydroxyl groups excluding tert-OH is 1. The van der Waals surface area contributed by atoms with E-state index < -0.39 is 17.8 Å². The zero-order chi connectivity index (χ0) is 15.5. The van der Waals surface area contributed by atoms with Gasteiger partial charge < -0.3 is 5.11 Å². The smallest absolute Gasteiger partial charge is 0.388 e. The minimum atomic E-state index is -4.41. The van der Waals surface area contributed by atoms with Crippen LogP contribution in [0.2, 0.25) is 5.02 Å². The lowest BCUT2D eigenvalue weighted by molar-refractivity contribution is -0.137. The minimum Gasteiger partial charge on any atom is -0.388 e. The molecule has 112 valence electrons. The van der Waals surface area contributed by atoms with Crippen molar-refractivity contribution in [1.29, 1.82) is 0 Å². The summed E-state index contributed by atoms with van der Waals surface area (Å²) in [4.78, 5) is 0.855. The summed E-state index contributed by atoms with van der Waals surface area (Å²) >= 11 is 7.18. The summed E-state index contributed by atoms with van der Waals surface area (Å²) in [5, 5.41) is 10.6. The molecule has 1 nitrogen and oxygen atoms in total. The Morgan fingerprint density at radius 3 is 2.48 bits per heavy atom. The second kappa shape index (κ2) is 6.73. The molecule has 2 rings (SSSR count). The monoisotopic (exact) mass is 332 g/mol. The molecule has 0 aliphatic carbocycles. The van der Waals surface area contributed by atoms with Crippen LogP contribution in [0.3, 0.4) is 0 Å². The highest BCUT2D eigenvalue weighted by Gasteiger charge is 2.30. The molecular formula is C15H12ClF3OS. The Kier molecular flexibility index (Phi) is 5.19. The summed E-state index contributed by atoms with van der Waals surface area (Å²) in [6.45, 7) is 0. The molecule has 0 saturated heterocycles. The number of aliphatic hydroxyl groups is 1. The molecule has 0 amide bonds. The highest BCUT2D eigenvalue weighted by atomic mass is 35.5. The van der Waals surface area contributed by atoms with Crippen molar-refractivity contribution in [3.05, 3.63) is 64.7 Å². The van der Waals surface area contributed by atoms with Gasteiger partial charge in [0, 0.05) is 15.7 Å². The summed E-state index contributed by atoms with van der Waals surface area (Å²) in [5.41, 5.74) is -0.508. The first kappa shape index (κ1) is 16.2. The fraction of sp³-hybridized carbons (Fsp3) is 0.200. The molecular weight excluding hydrogens is 321 g/mol. The van der Waals surface area contributed by atoms with Crippen LogP contribution < -0.4 is 0 Å². The van der Waals surface area contributed by atoms with Gasteiger partial charge in [-0.2, -0.15) is 13.2 Å². The molecule has 1 atom stereocenters. The molecule has 1 unspecified atom stereocenters. The van der Waals surface area contributed by atoms with E-state index in [2.05, 4.69) is 0 Å². The van der Waals surface area contributed by atoms with Crippen LogP contribution in [0, 0.1) is 0 Å². The van der Waals surface area contributed by atoms with E-state index in [0.717, 1.165) is 17.0 Å². The lowest BCUT2D eigenvalue weighted by atomic mass is 10.1. The van der Waals surface area contributed by atoms with E-state index in [-0.39, 0.29) is 11.3 Å². The third-order valence-electron chi connectivity index (χ3n) is 2.80. The standard InChI is InChI=1S/C15H12ClF3OS/c16-12-5-2-6-13(8-12)21-9-14(20)10-3-1-4-11(7-10)15(17,18)19/h1-8,14,20H,9H2. The molecule has 0 aromatic heterocycles. The number of thioether (sulfide) groups is 1. The van der Waals surface area contributed by atoms with E-state index in [1.807, 2.05) is 6.07 Å². The van der Waals surface area contributed by atoms with Crippen molar-refractivity contribution < 1.29 is 18.3 Å². The summed E-state index contributed by atoms with van der Waals surface area (Å²) in [5.74, 6) is 0.252. The Hall–Kier alpha value is -1.17. The molecule has 0 saturated carbocycles. The molecule has 0 radical (unpaired) electrons. The normalized spacial score (nSPS) is 13.2. The number of halogens is 4. The number of rotatable bonds is 4. The van der Waals surface area contributed by atoms with Gasteiger partial charge in [-0.15, -0.1) is 11.8 Å². The summed E-state index contributed by atoms with van der Waals surface area (Å²) in [6.07, 6.45) is -5.38. The first-order valence-electron chi connectivity index (χ1n) is 6.10. The molecule has 0 bridgehead atoms. The van der Waals surface area contributed by atoms with Gasteiger partial charge in [-0.25, -0.2) is 0 Å². The van der Waals surface area contributed by atoms with Gasteiger partial charge in [-0.1, -0.05) is 29.8 Å². The van der Waals surface area contributed by atoms with Crippen LogP contribution in [0.5, 0.6) is 0 Å². The highest BCUT2D eigenvalue weighted by Crippen LogP contribution is 2.32. The van der Waals surface area contributed by atoms with Gasteiger partial charge in [0.25, 0.3) is 0 Å². The quantitative estimate of drug-likeness (QED) is 0.778. The van der Waals surface area contributed by atoms with Gasteiger partial charge >= 0.3 is 6.18 Å². The first-order valence-corrected chi connectivity index (χ1v) is 7.46. The van der Waals surface area contributed by atoms with Gasteiger partial charge in [-0.05, 0) is 35.9 Å². The first-order chi connectivity index (χ1) is 9.86. The maximum atomic E-state index is 12.6.